The summed E-state index contributed by atoms with van der Waals surface area (Å²) in [6.45, 7) is -0.0259. The summed E-state index contributed by atoms with van der Waals surface area (Å²) in [4.78, 5) is 13.2. The third-order valence-electron chi connectivity index (χ3n) is 2.35. The van der Waals surface area contributed by atoms with Crippen molar-refractivity contribution in [3.8, 4) is 11.4 Å². The lowest BCUT2D eigenvalue weighted by molar-refractivity contribution is 0.105. The zero-order valence-corrected chi connectivity index (χ0v) is 9.46. The molecular weight excluding hydrogens is 238 g/mol. The number of nitrogens with one attached hydrogen (secondary N) is 2. The molecule has 7 heteroatoms. The summed E-state index contributed by atoms with van der Waals surface area (Å²) in [5.41, 5.74) is 1.51. The van der Waals surface area contributed by atoms with Gasteiger partial charge in [-0.1, -0.05) is 5.16 Å². The van der Waals surface area contributed by atoms with Gasteiger partial charge in [0.2, 0.25) is 0 Å². The van der Waals surface area contributed by atoms with Crippen molar-refractivity contribution in [2.75, 3.05) is 18.5 Å². The number of hydrogen-bond acceptors (Lipinski definition) is 6. The second kappa shape index (κ2) is 5.48. The maximum absolute atomic E-state index is 10.8. The van der Waals surface area contributed by atoms with E-state index in [-0.39, 0.29) is 13.2 Å². The molecule has 1 heterocycles. The predicted octanol–water partition coefficient (Wildman–Crippen LogP) is -0.205. The number of aliphatic hydroxyl groups is 2. The molecule has 0 fully saturated rings. The van der Waals surface area contributed by atoms with E-state index in [2.05, 4.69) is 20.0 Å². The first-order valence-corrected chi connectivity index (χ1v) is 5.38. The van der Waals surface area contributed by atoms with Crippen LogP contribution in [0.15, 0.2) is 33.6 Å². The lowest BCUT2D eigenvalue weighted by Crippen LogP contribution is -2.22. The van der Waals surface area contributed by atoms with Gasteiger partial charge in [-0.3, -0.25) is 9.51 Å². The molecule has 2 rings (SSSR count). The summed E-state index contributed by atoms with van der Waals surface area (Å²) in [5.74, 6) is -0.236. The molecule has 1 aromatic heterocycles. The molecule has 1 atom stereocenters. The van der Waals surface area contributed by atoms with Gasteiger partial charge in [0.1, 0.15) is 0 Å². The number of aliphatic hydroxyl groups excluding tert-OH is 2. The van der Waals surface area contributed by atoms with Gasteiger partial charge >= 0.3 is 5.76 Å². The normalized spacial score (nSPS) is 12.3. The minimum atomic E-state index is -0.795. The van der Waals surface area contributed by atoms with Crippen LogP contribution >= 0.6 is 0 Å². The monoisotopic (exact) mass is 251 g/mol. The Kier molecular flexibility index (Phi) is 3.75. The van der Waals surface area contributed by atoms with Crippen molar-refractivity contribution in [1.29, 1.82) is 0 Å². The van der Waals surface area contributed by atoms with Gasteiger partial charge < -0.3 is 15.5 Å². The highest BCUT2D eigenvalue weighted by atomic mass is 16.5. The molecule has 2 aromatic rings. The fourth-order valence-electron chi connectivity index (χ4n) is 1.40. The van der Waals surface area contributed by atoms with Gasteiger partial charge in [0.15, 0.2) is 5.82 Å². The van der Waals surface area contributed by atoms with Crippen molar-refractivity contribution in [3.63, 3.8) is 0 Å². The molecule has 0 bridgehead atoms. The number of aromatic nitrogens is 2. The first kappa shape index (κ1) is 12.3. The molecule has 1 aromatic carbocycles. The summed E-state index contributed by atoms with van der Waals surface area (Å²) in [5, 5.41) is 24.4. The van der Waals surface area contributed by atoms with Gasteiger partial charge in [-0.15, -0.1) is 0 Å². The van der Waals surface area contributed by atoms with Crippen molar-refractivity contribution in [2.24, 2.45) is 0 Å². The summed E-state index contributed by atoms with van der Waals surface area (Å²) in [6.07, 6.45) is -0.795. The second-order valence-corrected chi connectivity index (χ2v) is 3.74. The molecule has 1 unspecified atom stereocenters. The average molecular weight is 251 g/mol. The Bertz CT molecular complexity index is 546. The molecule has 0 spiro atoms. The Labute approximate surface area is 102 Å². The molecule has 0 radical (unpaired) electrons. The molecule has 0 aliphatic rings. The van der Waals surface area contributed by atoms with E-state index >= 15 is 0 Å². The van der Waals surface area contributed by atoms with E-state index in [1.54, 1.807) is 24.3 Å². The quantitative estimate of drug-likeness (QED) is 0.585. The standard InChI is InChI=1S/C11H13N3O4/c15-6-9(16)5-12-8-3-1-7(2-4-8)10-13-11(17)18-14-10/h1-4,9,12,15-16H,5-6H2,(H,13,14,17). The van der Waals surface area contributed by atoms with E-state index in [9.17, 15) is 9.90 Å². The van der Waals surface area contributed by atoms with Crippen molar-refractivity contribution in [3.05, 3.63) is 34.8 Å². The van der Waals surface area contributed by atoms with Gasteiger partial charge in [-0.25, -0.2) is 4.79 Å². The predicted molar refractivity (Wildman–Crippen MR) is 64.1 cm³/mol. The van der Waals surface area contributed by atoms with Gasteiger partial charge in [0.05, 0.1) is 12.7 Å². The largest absolute Gasteiger partial charge is 0.439 e. The number of hydrogen-bond donors (Lipinski definition) is 4. The number of aromatic amines is 1. The van der Waals surface area contributed by atoms with E-state index < -0.39 is 11.9 Å². The number of H-pyrrole nitrogens is 1. The summed E-state index contributed by atoms with van der Waals surface area (Å²) >= 11 is 0. The number of benzene rings is 1. The Morgan fingerprint density at radius 2 is 2.11 bits per heavy atom. The minimum absolute atomic E-state index is 0.261. The summed E-state index contributed by atoms with van der Waals surface area (Å²) < 4.78 is 4.41. The van der Waals surface area contributed by atoms with E-state index in [1.807, 2.05) is 0 Å². The minimum Gasteiger partial charge on any atom is -0.394 e. The molecule has 0 saturated heterocycles. The zero-order valence-electron chi connectivity index (χ0n) is 9.46. The van der Waals surface area contributed by atoms with Crippen LogP contribution in [0.3, 0.4) is 0 Å². The van der Waals surface area contributed by atoms with Gasteiger partial charge in [0.25, 0.3) is 0 Å². The summed E-state index contributed by atoms with van der Waals surface area (Å²) in [6, 6.07) is 7.04. The van der Waals surface area contributed by atoms with Crippen molar-refractivity contribution >= 4 is 5.69 Å². The first-order chi connectivity index (χ1) is 8.69. The molecule has 7 nitrogen and oxygen atoms in total. The fourth-order valence-corrected chi connectivity index (χ4v) is 1.40. The van der Waals surface area contributed by atoms with Gasteiger partial charge in [0, 0.05) is 17.8 Å². The van der Waals surface area contributed by atoms with Crippen LogP contribution < -0.4 is 11.1 Å². The number of nitrogens with zero attached hydrogens (tertiary/aromatic N) is 1. The van der Waals surface area contributed by atoms with Crippen LogP contribution in [0.25, 0.3) is 11.4 Å². The van der Waals surface area contributed by atoms with Gasteiger partial charge in [-0.05, 0) is 24.3 Å². The second-order valence-electron chi connectivity index (χ2n) is 3.74. The van der Waals surface area contributed by atoms with Crippen LogP contribution in [0.1, 0.15) is 0 Å². The molecule has 0 aliphatic carbocycles. The fraction of sp³-hybridized carbons (Fsp3) is 0.273. The number of anilines is 1. The molecule has 0 amide bonds. The maximum Gasteiger partial charge on any atom is 0.439 e. The first-order valence-electron chi connectivity index (χ1n) is 5.38. The third kappa shape index (κ3) is 2.96. The molecule has 4 N–H and O–H groups in total. The third-order valence-corrected chi connectivity index (χ3v) is 2.35. The highest BCUT2D eigenvalue weighted by Gasteiger charge is 2.04. The van der Waals surface area contributed by atoms with Crippen molar-refractivity contribution in [1.82, 2.24) is 10.1 Å². The van der Waals surface area contributed by atoms with Crippen LogP contribution in [0, 0.1) is 0 Å². The molecular formula is C11H13N3O4. The Balaban J connectivity index is 2.03. The van der Waals surface area contributed by atoms with Crippen LogP contribution in [-0.2, 0) is 0 Å². The summed E-state index contributed by atoms with van der Waals surface area (Å²) in [7, 11) is 0. The Hall–Kier alpha value is -2.12. The van der Waals surface area contributed by atoms with E-state index in [0.717, 1.165) is 5.69 Å². The van der Waals surface area contributed by atoms with E-state index in [1.165, 1.54) is 0 Å². The highest BCUT2D eigenvalue weighted by Crippen LogP contribution is 2.16. The van der Waals surface area contributed by atoms with Crippen LogP contribution in [0.5, 0.6) is 0 Å². The topological polar surface area (TPSA) is 111 Å². The van der Waals surface area contributed by atoms with E-state index in [0.29, 0.717) is 11.4 Å². The lowest BCUT2D eigenvalue weighted by atomic mass is 10.2. The SMILES string of the molecule is O=c1[nH]c(-c2ccc(NCC(O)CO)cc2)no1. The zero-order chi connectivity index (χ0) is 13.0. The van der Waals surface area contributed by atoms with Crippen molar-refractivity contribution < 1.29 is 14.7 Å². The lowest BCUT2D eigenvalue weighted by Gasteiger charge is -2.10. The Morgan fingerprint density at radius 3 is 2.67 bits per heavy atom. The average Bonchev–Trinajstić information content (AvgIpc) is 2.83. The maximum atomic E-state index is 10.8. The van der Waals surface area contributed by atoms with Crippen LogP contribution in [-0.4, -0.2) is 39.6 Å². The molecule has 0 aliphatic heterocycles. The van der Waals surface area contributed by atoms with E-state index in [4.69, 9.17) is 5.11 Å². The van der Waals surface area contributed by atoms with Crippen LogP contribution in [0.2, 0.25) is 0 Å². The van der Waals surface area contributed by atoms with Crippen molar-refractivity contribution in [2.45, 2.75) is 6.10 Å². The molecule has 96 valence electrons. The number of rotatable bonds is 5. The Morgan fingerprint density at radius 1 is 1.39 bits per heavy atom. The van der Waals surface area contributed by atoms with Gasteiger partial charge in [-0.2, -0.15) is 0 Å². The molecule has 18 heavy (non-hydrogen) atoms. The van der Waals surface area contributed by atoms with Crippen LogP contribution in [0.4, 0.5) is 5.69 Å². The smallest absolute Gasteiger partial charge is 0.394 e. The highest BCUT2D eigenvalue weighted by molar-refractivity contribution is 5.59. The molecule has 0 saturated carbocycles.